The zero-order chi connectivity index (χ0) is 21.4. The average molecular weight is 411 g/mol. The first kappa shape index (κ1) is 18.6. The molecule has 0 spiro atoms. The Bertz CT molecular complexity index is 1420. The SMILES string of the molecule is CCN(c1ncnc(-n2nnc3ccccc32)c1[N+](=O)[O-])c1cccc2ccccc12. The zero-order valence-corrected chi connectivity index (χ0v) is 16.6. The molecule has 0 aliphatic carbocycles. The molecule has 0 bridgehead atoms. The maximum absolute atomic E-state index is 12.2. The van der Waals surface area contributed by atoms with Crippen molar-refractivity contribution in [1.82, 2.24) is 25.0 Å². The van der Waals surface area contributed by atoms with E-state index in [-0.39, 0.29) is 17.3 Å². The topological polar surface area (TPSA) is 103 Å². The van der Waals surface area contributed by atoms with Crippen LogP contribution in [-0.2, 0) is 0 Å². The minimum Gasteiger partial charge on any atom is -0.320 e. The number of nitrogens with zero attached hydrogens (tertiary/aromatic N) is 7. The number of anilines is 2. The molecule has 0 aliphatic heterocycles. The minimum atomic E-state index is -0.463. The van der Waals surface area contributed by atoms with E-state index in [0.29, 0.717) is 17.6 Å². The molecule has 0 N–H and O–H groups in total. The van der Waals surface area contributed by atoms with Gasteiger partial charge in [-0.25, -0.2) is 9.97 Å². The Kier molecular flexibility index (Phi) is 4.47. The van der Waals surface area contributed by atoms with Crippen LogP contribution in [0.4, 0.5) is 17.2 Å². The van der Waals surface area contributed by atoms with Crippen molar-refractivity contribution in [3.63, 3.8) is 0 Å². The van der Waals surface area contributed by atoms with Crippen LogP contribution in [0, 0.1) is 10.1 Å². The van der Waals surface area contributed by atoms with Gasteiger partial charge in [0.05, 0.1) is 16.1 Å². The smallest absolute Gasteiger partial charge is 0.320 e. The fraction of sp³-hybridized carbons (Fsp3) is 0.0909. The molecule has 0 saturated heterocycles. The first-order chi connectivity index (χ1) is 15.2. The number of para-hydroxylation sites is 1. The predicted octanol–water partition coefficient (Wildman–Crippen LogP) is 4.43. The first-order valence-corrected chi connectivity index (χ1v) is 9.74. The van der Waals surface area contributed by atoms with Gasteiger partial charge in [0.25, 0.3) is 0 Å². The molecule has 152 valence electrons. The van der Waals surface area contributed by atoms with Crippen LogP contribution in [0.1, 0.15) is 6.92 Å². The van der Waals surface area contributed by atoms with E-state index in [9.17, 15) is 10.1 Å². The molecule has 0 fully saturated rings. The lowest BCUT2D eigenvalue weighted by atomic mass is 10.1. The van der Waals surface area contributed by atoms with Crippen molar-refractivity contribution in [1.29, 1.82) is 0 Å². The first-order valence-electron chi connectivity index (χ1n) is 9.74. The number of aromatic nitrogens is 5. The summed E-state index contributed by atoms with van der Waals surface area (Å²) in [6.45, 7) is 2.40. The highest BCUT2D eigenvalue weighted by molar-refractivity contribution is 5.96. The molecular formula is C22H17N7O2. The quantitative estimate of drug-likeness (QED) is 0.311. The summed E-state index contributed by atoms with van der Waals surface area (Å²) in [4.78, 5) is 22.1. The van der Waals surface area contributed by atoms with Gasteiger partial charge in [0.2, 0.25) is 11.6 Å². The van der Waals surface area contributed by atoms with Gasteiger partial charge >= 0.3 is 5.69 Å². The van der Waals surface area contributed by atoms with Crippen molar-refractivity contribution in [2.45, 2.75) is 6.92 Å². The van der Waals surface area contributed by atoms with Gasteiger partial charge in [0, 0.05) is 11.9 Å². The van der Waals surface area contributed by atoms with Gasteiger partial charge < -0.3 is 4.90 Å². The molecule has 3 aromatic carbocycles. The van der Waals surface area contributed by atoms with Crippen molar-refractivity contribution in [3.05, 3.63) is 83.2 Å². The van der Waals surface area contributed by atoms with Gasteiger partial charge in [-0.05, 0) is 30.5 Å². The molecule has 9 heteroatoms. The maximum Gasteiger partial charge on any atom is 0.356 e. The van der Waals surface area contributed by atoms with Crippen LogP contribution < -0.4 is 4.90 Å². The van der Waals surface area contributed by atoms with Crippen LogP contribution in [0.2, 0.25) is 0 Å². The summed E-state index contributed by atoms with van der Waals surface area (Å²) in [5.74, 6) is 0.274. The standard InChI is InChI=1S/C22H17N7O2/c1-2-27(18-13-7-9-15-8-3-4-10-16(15)18)21-20(29(30)31)22(24-14-23-21)28-19-12-6-5-11-17(19)25-26-28/h3-14H,2H2,1H3. The highest BCUT2D eigenvalue weighted by atomic mass is 16.6. The second-order valence-electron chi connectivity index (χ2n) is 6.86. The lowest BCUT2D eigenvalue weighted by Gasteiger charge is -2.23. The summed E-state index contributed by atoms with van der Waals surface area (Å²) in [5.41, 5.74) is 1.85. The van der Waals surface area contributed by atoms with Gasteiger partial charge in [-0.1, -0.05) is 53.7 Å². The van der Waals surface area contributed by atoms with Gasteiger partial charge in [0.15, 0.2) is 0 Å². The fourth-order valence-corrected chi connectivity index (χ4v) is 3.78. The second-order valence-corrected chi connectivity index (χ2v) is 6.86. The molecule has 2 aromatic heterocycles. The number of benzene rings is 3. The van der Waals surface area contributed by atoms with Crippen LogP contribution in [-0.4, -0.2) is 36.4 Å². The third kappa shape index (κ3) is 3.03. The number of rotatable bonds is 5. The Morgan fingerprint density at radius 1 is 1.00 bits per heavy atom. The van der Waals surface area contributed by atoms with Crippen LogP contribution in [0.3, 0.4) is 0 Å². The van der Waals surface area contributed by atoms with Crippen LogP contribution in [0.25, 0.3) is 27.6 Å². The van der Waals surface area contributed by atoms with E-state index in [1.165, 1.54) is 11.0 Å². The monoisotopic (exact) mass is 411 g/mol. The summed E-state index contributed by atoms with van der Waals surface area (Å²) in [6.07, 6.45) is 1.32. The van der Waals surface area contributed by atoms with E-state index in [4.69, 9.17) is 0 Å². The third-order valence-electron chi connectivity index (χ3n) is 5.15. The highest BCUT2D eigenvalue weighted by Crippen LogP contribution is 2.38. The summed E-state index contributed by atoms with van der Waals surface area (Å²) in [5, 5.41) is 22.5. The molecule has 31 heavy (non-hydrogen) atoms. The van der Waals surface area contributed by atoms with E-state index >= 15 is 0 Å². The summed E-state index contributed by atoms with van der Waals surface area (Å²) in [7, 11) is 0. The molecule has 9 nitrogen and oxygen atoms in total. The minimum absolute atomic E-state index is 0.0717. The summed E-state index contributed by atoms with van der Waals surface area (Å²) in [6, 6.07) is 21.0. The van der Waals surface area contributed by atoms with E-state index < -0.39 is 4.92 Å². The number of hydrogen-bond acceptors (Lipinski definition) is 7. The number of nitro groups is 1. The second kappa shape index (κ2) is 7.45. The van der Waals surface area contributed by atoms with Gasteiger partial charge in [-0.3, -0.25) is 10.1 Å². The Labute approximate surface area is 176 Å². The van der Waals surface area contributed by atoms with Crippen molar-refractivity contribution in [2.75, 3.05) is 11.4 Å². The number of fused-ring (bicyclic) bond motifs is 2. The molecule has 0 radical (unpaired) electrons. The van der Waals surface area contributed by atoms with Gasteiger partial charge in [0.1, 0.15) is 11.8 Å². The molecule has 0 amide bonds. The molecular weight excluding hydrogens is 394 g/mol. The lowest BCUT2D eigenvalue weighted by molar-refractivity contribution is -0.384. The largest absolute Gasteiger partial charge is 0.356 e. The normalized spacial score (nSPS) is 11.1. The molecule has 0 saturated carbocycles. The van der Waals surface area contributed by atoms with Gasteiger partial charge in [-0.2, -0.15) is 4.68 Å². The van der Waals surface area contributed by atoms with Crippen molar-refractivity contribution in [2.24, 2.45) is 0 Å². The Hall–Kier alpha value is -4.40. The fourth-order valence-electron chi connectivity index (χ4n) is 3.78. The molecule has 2 heterocycles. The van der Waals surface area contributed by atoms with Gasteiger partial charge in [-0.15, -0.1) is 5.10 Å². The maximum atomic E-state index is 12.2. The average Bonchev–Trinajstić information content (AvgIpc) is 3.23. The van der Waals surface area contributed by atoms with Crippen molar-refractivity contribution < 1.29 is 4.92 Å². The highest BCUT2D eigenvalue weighted by Gasteiger charge is 2.30. The molecule has 0 atom stereocenters. The van der Waals surface area contributed by atoms with Crippen molar-refractivity contribution in [3.8, 4) is 5.82 Å². The van der Waals surface area contributed by atoms with E-state index in [2.05, 4.69) is 20.3 Å². The zero-order valence-electron chi connectivity index (χ0n) is 16.6. The predicted molar refractivity (Wildman–Crippen MR) is 118 cm³/mol. The summed E-state index contributed by atoms with van der Waals surface area (Å²) < 4.78 is 1.38. The van der Waals surface area contributed by atoms with E-state index in [1.807, 2.05) is 66.4 Å². The summed E-state index contributed by atoms with van der Waals surface area (Å²) >= 11 is 0. The van der Waals surface area contributed by atoms with E-state index in [1.54, 1.807) is 12.1 Å². The Balaban J connectivity index is 1.76. The van der Waals surface area contributed by atoms with Crippen LogP contribution in [0.5, 0.6) is 0 Å². The Morgan fingerprint density at radius 3 is 2.61 bits per heavy atom. The Morgan fingerprint density at radius 2 is 1.77 bits per heavy atom. The molecule has 0 unspecified atom stereocenters. The molecule has 0 aliphatic rings. The lowest BCUT2D eigenvalue weighted by Crippen LogP contribution is -2.20. The number of hydrogen-bond donors (Lipinski definition) is 0. The van der Waals surface area contributed by atoms with E-state index in [0.717, 1.165) is 16.5 Å². The molecule has 5 rings (SSSR count). The molecule has 5 aromatic rings. The van der Waals surface area contributed by atoms with Crippen molar-refractivity contribution >= 4 is 39.0 Å². The van der Waals surface area contributed by atoms with Crippen LogP contribution in [0.15, 0.2) is 73.1 Å². The van der Waals surface area contributed by atoms with Crippen LogP contribution >= 0.6 is 0 Å². The third-order valence-corrected chi connectivity index (χ3v) is 5.15.